The van der Waals surface area contributed by atoms with Crippen molar-refractivity contribution in [3.8, 4) is 0 Å². The van der Waals surface area contributed by atoms with Gasteiger partial charge in [-0.2, -0.15) is 0 Å². The molecule has 0 bridgehead atoms. The number of para-hydroxylation sites is 1. The topological polar surface area (TPSA) is 57.3 Å². The van der Waals surface area contributed by atoms with Crippen LogP contribution in [0.2, 0.25) is 0 Å². The number of nitrogens with one attached hydrogen (secondary N) is 2. The molecule has 2 N–H and O–H groups in total. The van der Waals surface area contributed by atoms with E-state index in [1.807, 2.05) is 36.5 Å². The van der Waals surface area contributed by atoms with E-state index < -0.39 is 0 Å². The van der Waals surface area contributed by atoms with Crippen molar-refractivity contribution in [1.82, 2.24) is 9.88 Å². The van der Waals surface area contributed by atoms with Crippen molar-refractivity contribution in [1.29, 1.82) is 0 Å². The zero-order chi connectivity index (χ0) is 22.2. The summed E-state index contributed by atoms with van der Waals surface area (Å²) in [5, 5.41) is 7.70. The van der Waals surface area contributed by atoms with E-state index in [1.54, 1.807) is 0 Å². The first-order valence-corrected chi connectivity index (χ1v) is 11.6. The number of rotatable bonds is 4. The first kappa shape index (κ1) is 19.9. The highest BCUT2D eigenvalue weighted by Crippen LogP contribution is 2.28. The third-order valence-electron chi connectivity index (χ3n) is 6.80. The smallest absolute Gasteiger partial charge is 0.255 e. The van der Waals surface area contributed by atoms with Crippen molar-refractivity contribution < 1.29 is 4.79 Å². The first-order chi connectivity index (χ1) is 16.2. The van der Waals surface area contributed by atoms with Gasteiger partial charge in [-0.15, -0.1) is 0 Å². The van der Waals surface area contributed by atoms with Crippen molar-refractivity contribution in [2.45, 2.75) is 25.9 Å². The molecule has 1 aromatic heterocycles. The van der Waals surface area contributed by atoms with Gasteiger partial charge >= 0.3 is 0 Å². The van der Waals surface area contributed by atoms with Crippen LogP contribution in [0.1, 0.15) is 32.6 Å². The molecule has 3 aromatic carbocycles. The molecule has 0 aliphatic carbocycles. The predicted molar refractivity (Wildman–Crippen MR) is 133 cm³/mol. The second-order valence-corrected chi connectivity index (χ2v) is 8.89. The lowest BCUT2D eigenvalue weighted by molar-refractivity contribution is 0.102. The van der Waals surface area contributed by atoms with Gasteiger partial charge in [-0.05, 0) is 65.4 Å². The molecule has 0 saturated heterocycles. The average molecular weight is 435 g/mol. The van der Waals surface area contributed by atoms with E-state index in [-0.39, 0.29) is 5.91 Å². The zero-order valence-corrected chi connectivity index (χ0v) is 18.5. The fraction of sp³-hybridized carbons (Fsp3) is 0.214. The van der Waals surface area contributed by atoms with Crippen LogP contribution in [0, 0.1) is 0 Å². The van der Waals surface area contributed by atoms with Gasteiger partial charge in [-0.1, -0.05) is 36.4 Å². The molecule has 6 rings (SSSR count). The lowest BCUT2D eigenvalue weighted by Crippen LogP contribution is -2.31. The molecule has 164 valence electrons. The fourth-order valence-corrected chi connectivity index (χ4v) is 5.12. The Morgan fingerprint density at radius 1 is 1.00 bits per heavy atom. The number of aromatic nitrogens is 1. The quantitative estimate of drug-likeness (QED) is 0.474. The van der Waals surface area contributed by atoms with Gasteiger partial charge in [0.15, 0.2) is 0 Å². The van der Waals surface area contributed by atoms with Crippen LogP contribution in [-0.4, -0.2) is 28.9 Å². The highest BCUT2D eigenvalue weighted by atomic mass is 16.1. The van der Waals surface area contributed by atoms with Gasteiger partial charge in [0.2, 0.25) is 0 Å². The van der Waals surface area contributed by atoms with Crippen LogP contribution >= 0.6 is 0 Å². The first-order valence-electron chi connectivity index (χ1n) is 11.6. The summed E-state index contributed by atoms with van der Waals surface area (Å²) in [6, 6.07) is 22.7. The van der Waals surface area contributed by atoms with E-state index >= 15 is 0 Å². The van der Waals surface area contributed by atoms with Gasteiger partial charge in [-0.25, -0.2) is 0 Å². The molecule has 1 amide bonds. The second kappa shape index (κ2) is 8.34. The average Bonchev–Trinajstić information content (AvgIpc) is 3.32. The molecule has 4 aromatic rings. The SMILES string of the molecule is O=C(Nc1ccc2c(c1)NCC2)c1cccc2c1CCN(Cc1ccnc3ccccc13)C2. The maximum Gasteiger partial charge on any atom is 0.255 e. The Hall–Kier alpha value is -3.70. The van der Waals surface area contributed by atoms with Crippen LogP contribution in [0.15, 0.2) is 72.9 Å². The van der Waals surface area contributed by atoms with E-state index in [9.17, 15) is 4.79 Å². The Morgan fingerprint density at radius 3 is 2.91 bits per heavy atom. The number of hydrogen-bond donors (Lipinski definition) is 2. The largest absolute Gasteiger partial charge is 0.384 e. The van der Waals surface area contributed by atoms with Crippen molar-refractivity contribution in [2.24, 2.45) is 0 Å². The van der Waals surface area contributed by atoms with Crippen LogP contribution in [0.5, 0.6) is 0 Å². The Bertz CT molecular complexity index is 1360. The number of benzene rings is 3. The number of hydrogen-bond acceptors (Lipinski definition) is 4. The minimum Gasteiger partial charge on any atom is -0.384 e. The van der Waals surface area contributed by atoms with Crippen molar-refractivity contribution in [3.63, 3.8) is 0 Å². The Balaban J connectivity index is 1.21. The molecule has 0 fully saturated rings. The zero-order valence-electron chi connectivity index (χ0n) is 18.5. The van der Waals surface area contributed by atoms with Gasteiger partial charge in [0.1, 0.15) is 0 Å². The van der Waals surface area contributed by atoms with Crippen molar-refractivity contribution >= 4 is 28.2 Å². The maximum absolute atomic E-state index is 13.2. The number of carbonyl (C=O) groups is 1. The molecule has 2 aliphatic heterocycles. The van der Waals surface area contributed by atoms with Crippen LogP contribution < -0.4 is 10.6 Å². The van der Waals surface area contributed by atoms with E-state index in [1.165, 1.54) is 27.6 Å². The summed E-state index contributed by atoms with van der Waals surface area (Å²) >= 11 is 0. The van der Waals surface area contributed by atoms with Gasteiger partial charge < -0.3 is 10.6 Å². The molecule has 2 aliphatic rings. The monoisotopic (exact) mass is 434 g/mol. The Morgan fingerprint density at radius 2 is 1.94 bits per heavy atom. The normalized spacial score (nSPS) is 15.0. The summed E-state index contributed by atoms with van der Waals surface area (Å²) in [6.45, 7) is 3.61. The van der Waals surface area contributed by atoms with E-state index in [4.69, 9.17) is 0 Å². The maximum atomic E-state index is 13.2. The minimum atomic E-state index is -0.0293. The molecule has 33 heavy (non-hydrogen) atoms. The standard InChI is InChI=1S/C28H26N4O/c33-28(31-22-9-8-19-10-13-30-27(19)16-22)25-6-3-4-20-17-32(15-12-23(20)25)18-21-11-14-29-26-7-2-1-5-24(21)26/h1-9,11,14,16,30H,10,12-13,15,17-18H2,(H,31,33). The van der Waals surface area contributed by atoms with Crippen molar-refractivity contribution in [3.05, 3.63) is 101 Å². The highest BCUT2D eigenvalue weighted by Gasteiger charge is 2.22. The predicted octanol–water partition coefficient (Wildman–Crippen LogP) is 5.01. The molecular formula is C28H26N4O. The van der Waals surface area contributed by atoms with Crippen molar-refractivity contribution in [2.75, 3.05) is 23.7 Å². The van der Waals surface area contributed by atoms with Crippen LogP contribution in [0.3, 0.4) is 0 Å². The Kier molecular flexibility index (Phi) is 5.04. The lowest BCUT2D eigenvalue weighted by Gasteiger charge is -2.30. The van der Waals surface area contributed by atoms with E-state index in [2.05, 4.69) is 56.9 Å². The molecule has 3 heterocycles. The number of amides is 1. The van der Waals surface area contributed by atoms with Gasteiger partial charge in [0.25, 0.3) is 5.91 Å². The molecule has 0 atom stereocenters. The number of fused-ring (bicyclic) bond motifs is 3. The Labute approximate surface area is 193 Å². The number of carbonyl (C=O) groups excluding carboxylic acids is 1. The third-order valence-corrected chi connectivity index (χ3v) is 6.80. The van der Waals surface area contributed by atoms with E-state index in [0.717, 1.165) is 61.5 Å². The molecule has 0 spiro atoms. The summed E-state index contributed by atoms with van der Waals surface area (Å²) in [5.74, 6) is -0.0293. The molecule has 0 unspecified atom stereocenters. The van der Waals surface area contributed by atoms with Crippen LogP contribution in [0.4, 0.5) is 11.4 Å². The highest BCUT2D eigenvalue weighted by molar-refractivity contribution is 6.05. The minimum absolute atomic E-state index is 0.0293. The third kappa shape index (κ3) is 3.85. The van der Waals surface area contributed by atoms with Crippen LogP contribution in [0.25, 0.3) is 10.9 Å². The lowest BCUT2D eigenvalue weighted by atomic mass is 9.93. The number of pyridine rings is 1. The summed E-state index contributed by atoms with van der Waals surface area (Å²) in [6.07, 6.45) is 3.81. The number of nitrogens with zero attached hydrogens (tertiary/aromatic N) is 2. The van der Waals surface area contributed by atoms with Gasteiger partial charge in [0, 0.05) is 54.7 Å². The molecule has 5 heteroatoms. The van der Waals surface area contributed by atoms with Gasteiger partial charge in [-0.3, -0.25) is 14.7 Å². The fourth-order valence-electron chi connectivity index (χ4n) is 5.12. The molecular weight excluding hydrogens is 408 g/mol. The summed E-state index contributed by atoms with van der Waals surface area (Å²) < 4.78 is 0. The molecule has 5 nitrogen and oxygen atoms in total. The summed E-state index contributed by atoms with van der Waals surface area (Å²) in [4.78, 5) is 20.1. The number of anilines is 2. The summed E-state index contributed by atoms with van der Waals surface area (Å²) in [7, 11) is 0. The molecule has 0 radical (unpaired) electrons. The van der Waals surface area contributed by atoms with Gasteiger partial charge in [0.05, 0.1) is 5.52 Å². The van der Waals surface area contributed by atoms with Crippen LogP contribution in [-0.2, 0) is 25.9 Å². The molecule has 0 saturated carbocycles. The van der Waals surface area contributed by atoms with E-state index in [0.29, 0.717) is 0 Å². The second-order valence-electron chi connectivity index (χ2n) is 8.89. The summed E-state index contributed by atoms with van der Waals surface area (Å²) in [5.41, 5.74) is 8.81.